The molecule has 1 atom stereocenters. The van der Waals surface area contributed by atoms with E-state index in [2.05, 4.69) is 12.2 Å². The van der Waals surface area contributed by atoms with Crippen LogP contribution in [0.4, 0.5) is 4.39 Å². The van der Waals surface area contributed by atoms with Crippen molar-refractivity contribution in [1.29, 1.82) is 0 Å². The topological polar surface area (TPSA) is 21.3 Å². The smallest absolute Gasteiger partial charge is 0.168 e. The van der Waals surface area contributed by atoms with E-state index in [9.17, 15) is 4.39 Å². The maximum Gasteiger partial charge on any atom is 0.168 e. The van der Waals surface area contributed by atoms with Crippen molar-refractivity contribution >= 4 is 0 Å². The van der Waals surface area contributed by atoms with Crippen LogP contribution in [0.5, 0.6) is 5.75 Å². The molecule has 2 nitrogen and oxygen atoms in total. The van der Waals surface area contributed by atoms with Gasteiger partial charge in [0.05, 0.1) is 7.11 Å². The van der Waals surface area contributed by atoms with E-state index >= 15 is 0 Å². The molecule has 1 aliphatic carbocycles. The van der Waals surface area contributed by atoms with Crippen molar-refractivity contribution in [3.8, 4) is 5.75 Å². The summed E-state index contributed by atoms with van der Waals surface area (Å²) in [4.78, 5) is 0. The van der Waals surface area contributed by atoms with Gasteiger partial charge in [-0.25, -0.2) is 4.39 Å². The Bertz CT molecular complexity index is 390. The molecule has 0 heterocycles. The predicted molar refractivity (Wildman–Crippen MR) is 71.5 cm³/mol. The molecule has 0 aliphatic heterocycles. The van der Waals surface area contributed by atoms with Gasteiger partial charge in [0.2, 0.25) is 0 Å². The molecule has 1 aliphatic rings. The molecule has 3 heteroatoms. The Morgan fingerprint density at radius 3 is 2.83 bits per heavy atom. The van der Waals surface area contributed by atoms with Gasteiger partial charge < -0.3 is 10.1 Å². The van der Waals surface area contributed by atoms with Crippen LogP contribution in [0.25, 0.3) is 0 Å². The number of rotatable bonds is 7. The molecule has 0 radical (unpaired) electrons. The van der Waals surface area contributed by atoms with E-state index in [4.69, 9.17) is 4.74 Å². The van der Waals surface area contributed by atoms with E-state index < -0.39 is 0 Å². The SMILES string of the molecule is CCC(CNC1CC1)Cc1cccc(OC)c1F. The van der Waals surface area contributed by atoms with Gasteiger partial charge in [-0.05, 0) is 43.4 Å². The minimum Gasteiger partial charge on any atom is -0.494 e. The van der Waals surface area contributed by atoms with Crippen LogP contribution in [-0.4, -0.2) is 19.7 Å². The summed E-state index contributed by atoms with van der Waals surface area (Å²) in [6.45, 7) is 3.15. The zero-order valence-corrected chi connectivity index (χ0v) is 11.2. The molecule has 1 aromatic carbocycles. The third-order valence-corrected chi connectivity index (χ3v) is 3.62. The molecule has 0 aromatic heterocycles. The molecule has 1 saturated carbocycles. The van der Waals surface area contributed by atoms with Gasteiger partial charge in [0, 0.05) is 6.04 Å². The number of methoxy groups -OCH3 is 1. The van der Waals surface area contributed by atoms with Crippen LogP contribution in [-0.2, 0) is 6.42 Å². The molecule has 1 unspecified atom stereocenters. The fraction of sp³-hybridized carbons (Fsp3) is 0.600. The zero-order valence-electron chi connectivity index (χ0n) is 11.2. The lowest BCUT2D eigenvalue weighted by molar-refractivity contribution is 0.380. The number of ether oxygens (including phenoxy) is 1. The van der Waals surface area contributed by atoms with Crippen LogP contribution in [0.2, 0.25) is 0 Å². The second-order valence-electron chi connectivity index (χ2n) is 5.09. The molecule has 0 saturated heterocycles. The van der Waals surface area contributed by atoms with Crippen LogP contribution >= 0.6 is 0 Å². The maximum atomic E-state index is 14.0. The summed E-state index contributed by atoms with van der Waals surface area (Å²) in [6, 6.07) is 6.10. The Kier molecular flexibility index (Phi) is 4.59. The lowest BCUT2D eigenvalue weighted by Crippen LogP contribution is -2.25. The van der Waals surface area contributed by atoms with Gasteiger partial charge in [-0.3, -0.25) is 0 Å². The second-order valence-corrected chi connectivity index (χ2v) is 5.09. The molecule has 0 bridgehead atoms. The van der Waals surface area contributed by atoms with Crippen molar-refractivity contribution in [2.75, 3.05) is 13.7 Å². The molecule has 0 spiro atoms. The lowest BCUT2D eigenvalue weighted by atomic mass is 9.96. The molecule has 18 heavy (non-hydrogen) atoms. The minimum atomic E-state index is -0.204. The van der Waals surface area contributed by atoms with Crippen LogP contribution < -0.4 is 10.1 Å². The third kappa shape index (κ3) is 3.45. The molecule has 2 rings (SSSR count). The first kappa shape index (κ1) is 13.3. The summed E-state index contributed by atoms with van der Waals surface area (Å²) in [5, 5.41) is 3.52. The van der Waals surface area contributed by atoms with E-state index in [0.717, 1.165) is 24.9 Å². The molecule has 1 fully saturated rings. The fourth-order valence-electron chi connectivity index (χ4n) is 2.16. The first-order chi connectivity index (χ1) is 8.74. The first-order valence-corrected chi connectivity index (χ1v) is 6.79. The van der Waals surface area contributed by atoms with Crippen molar-refractivity contribution in [2.45, 2.75) is 38.6 Å². The molecular weight excluding hydrogens is 229 g/mol. The Hall–Kier alpha value is -1.09. The highest BCUT2D eigenvalue weighted by Gasteiger charge is 2.22. The minimum absolute atomic E-state index is 0.204. The van der Waals surface area contributed by atoms with Crippen molar-refractivity contribution in [1.82, 2.24) is 5.32 Å². The monoisotopic (exact) mass is 251 g/mol. The van der Waals surface area contributed by atoms with E-state index in [-0.39, 0.29) is 5.82 Å². The van der Waals surface area contributed by atoms with Crippen LogP contribution in [0.3, 0.4) is 0 Å². The number of benzene rings is 1. The third-order valence-electron chi connectivity index (χ3n) is 3.62. The van der Waals surface area contributed by atoms with Gasteiger partial charge >= 0.3 is 0 Å². The van der Waals surface area contributed by atoms with Crippen LogP contribution in [0.15, 0.2) is 18.2 Å². The fourth-order valence-corrected chi connectivity index (χ4v) is 2.16. The van der Waals surface area contributed by atoms with Gasteiger partial charge in [0.25, 0.3) is 0 Å². The number of hydrogen-bond donors (Lipinski definition) is 1. The molecule has 1 N–H and O–H groups in total. The Morgan fingerprint density at radius 1 is 1.44 bits per heavy atom. The van der Waals surface area contributed by atoms with Crippen LogP contribution in [0, 0.1) is 11.7 Å². The average Bonchev–Trinajstić information content (AvgIpc) is 3.20. The van der Waals surface area contributed by atoms with Gasteiger partial charge in [0.15, 0.2) is 11.6 Å². The van der Waals surface area contributed by atoms with E-state index in [1.807, 2.05) is 12.1 Å². The normalized spacial score (nSPS) is 16.6. The zero-order chi connectivity index (χ0) is 13.0. The van der Waals surface area contributed by atoms with E-state index in [1.54, 1.807) is 6.07 Å². The molecule has 100 valence electrons. The molecule has 1 aromatic rings. The Balaban J connectivity index is 1.96. The summed E-state index contributed by atoms with van der Waals surface area (Å²) >= 11 is 0. The van der Waals surface area contributed by atoms with Crippen LogP contribution in [0.1, 0.15) is 31.7 Å². The van der Waals surface area contributed by atoms with Gasteiger partial charge in [-0.15, -0.1) is 0 Å². The summed E-state index contributed by atoms with van der Waals surface area (Å²) in [5.41, 5.74) is 0.763. The highest BCUT2D eigenvalue weighted by Crippen LogP contribution is 2.24. The summed E-state index contributed by atoms with van der Waals surface area (Å²) in [6.07, 6.45) is 4.43. The lowest BCUT2D eigenvalue weighted by Gasteiger charge is -2.16. The van der Waals surface area contributed by atoms with Crippen molar-refractivity contribution in [2.24, 2.45) is 5.92 Å². The van der Waals surface area contributed by atoms with Crippen molar-refractivity contribution < 1.29 is 9.13 Å². The standard InChI is InChI=1S/C15H22FNO/c1-3-11(10-17-13-7-8-13)9-12-5-4-6-14(18-2)15(12)16/h4-6,11,13,17H,3,7-10H2,1-2H3. The van der Waals surface area contributed by atoms with Gasteiger partial charge in [-0.1, -0.05) is 25.5 Å². The highest BCUT2D eigenvalue weighted by atomic mass is 19.1. The Morgan fingerprint density at radius 2 is 2.22 bits per heavy atom. The first-order valence-electron chi connectivity index (χ1n) is 6.79. The summed E-state index contributed by atoms with van der Waals surface area (Å²) < 4.78 is 19.1. The summed E-state index contributed by atoms with van der Waals surface area (Å²) in [5.74, 6) is 0.634. The molecule has 0 amide bonds. The number of nitrogens with one attached hydrogen (secondary N) is 1. The average molecular weight is 251 g/mol. The Labute approximate surface area is 109 Å². The molecular formula is C15H22FNO. The maximum absolute atomic E-state index is 14.0. The van der Waals surface area contributed by atoms with Gasteiger partial charge in [-0.2, -0.15) is 0 Å². The number of halogens is 1. The highest BCUT2D eigenvalue weighted by molar-refractivity contribution is 5.31. The van der Waals surface area contributed by atoms with E-state index in [1.165, 1.54) is 20.0 Å². The summed E-state index contributed by atoms with van der Waals surface area (Å²) in [7, 11) is 1.51. The van der Waals surface area contributed by atoms with Gasteiger partial charge in [0.1, 0.15) is 0 Å². The van der Waals surface area contributed by atoms with Crippen molar-refractivity contribution in [3.63, 3.8) is 0 Å². The largest absolute Gasteiger partial charge is 0.494 e. The van der Waals surface area contributed by atoms with Crippen molar-refractivity contribution in [3.05, 3.63) is 29.6 Å². The van der Waals surface area contributed by atoms with E-state index in [0.29, 0.717) is 17.7 Å². The number of hydrogen-bond acceptors (Lipinski definition) is 2. The second kappa shape index (κ2) is 6.19. The predicted octanol–water partition coefficient (Wildman–Crippen LogP) is 3.16. The quantitative estimate of drug-likeness (QED) is 0.803.